The highest BCUT2D eigenvalue weighted by atomic mass is 19.1. The van der Waals surface area contributed by atoms with Gasteiger partial charge < -0.3 is 20.7 Å². The summed E-state index contributed by atoms with van der Waals surface area (Å²) in [6.45, 7) is 3.30. The Morgan fingerprint density at radius 3 is 2.39 bits per heavy atom. The first-order chi connectivity index (χ1) is 15.1. The van der Waals surface area contributed by atoms with Crippen LogP contribution < -0.4 is 20.7 Å². The zero-order valence-corrected chi connectivity index (χ0v) is 17.0. The first-order valence-electron chi connectivity index (χ1n) is 10.1. The lowest BCUT2D eigenvalue weighted by atomic mass is 10.1. The van der Waals surface area contributed by atoms with Crippen molar-refractivity contribution in [2.45, 2.75) is 0 Å². The molecule has 0 unspecified atom stereocenters. The van der Waals surface area contributed by atoms with E-state index in [1.54, 1.807) is 23.9 Å². The zero-order valence-electron chi connectivity index (χ0n) is 17.0. The fourth-order valence-electron chi connectivity index (χ4n) is 3.74. The Labute approximate surface area is 178 Å². The van der Waals surface area contributed by atoms with E-state index in [1.165, 1.54) is 12.1 Å². The molecular formula is C22H22FN7O. The second-order valence-electron chi connectivity index (χ2n) is 7.31. The van der Waals surface area contributed by atoms with Gasteiger partial charge in [0.2, 0.25) is 5.95 Å². The number of hydrogen-bond donors (Lipinski definition) is 2. The van der Waals surface area contributed by atoms with Crippen LogP contribution in [-0.2, 0) is 0 Å². The van der Waals surface area contributed by atoms with Crippen molar-refractivity contribution in [2.24, 2.45) is 0 Å². The lowest BCUT2D eigenvalue weighted by molar-refractivity contribution is 0.414. The maximum atomic E-state index is 13.6. The molecule has 3 N–H and O–H groups in total. The Bertz CT molecular complexity index is 1220. The Morgan fingerprint density at radius 2 is 1.71 bits per heavy atom. The molecule has 0 radical (unpaired) electrons. The van der Waals surface area contributed by atoms with E-state index in [0.717, 1.165) is 43.2 Å². The Hall–Kier alpha value is -3.72. The molecule has 1 aliphatic heterocycles. The van der Waals surface area contributed by atoms with E-state index < -0.39 is 0 Å². The molecule has 1 saturated heterocycles. The number of methoxy groups -OCH3 is 1. The predicted octanol–water partition coefficient (Wildman–Crippen LogP) is 2.62. The van der Waals surface area contributed by atoms with E-state index >= 15 is 0 Å². The van der Waals surface area contributed by atoms with Crippen LogP contribution in [0.1, 0.15) is 0 Å². The topological polar surface area (TPSA) is 94.1 Å². The number of nitrogen functional groups attached to an aromatic ring is 1. The fraction of sp³-hybridized carbons (Fsp3) is 0.227. The molecule has 0 saturated carbocycles. The summed E-state index contributed by atoms with van der Waals surface area (Å²) in [6.07, 6.45) is 0. The quantitative estimate of drug-likeness (QED) is 0.525. The summed E-state index contributed by atoms with van der Waals surface area (Å²) >= 11 is 0. The van der Waals surface area contributed by atoms with E-state index in [-0.39, 0.29) is 5.82 Å². The van der Waals surface area contributed by atoms with Gasteiger partial charge in [-0.1, -0.05) is 0 Å². The SMILES string of the molecule is COc1ccc(-n2nc3nc(N4CCNCC4)nc(-c4ccc(F)cc4)c3c2N)cc1. The molecule has 1 fully saturated rings. The van der Waals surface area contributed by atoms with Gasteiger partial charge in [0.05, 0.1) is 23.9 Å². The summed E-state index contributed by atoms with van der Waals surface area (Å²) in [5.74, 6) is 1.45. The van der Waals surface area contributed by atoms with Gasteiger partial charge in [-0.3, -0.25) is 0 Å². The van der Waals surface area contributed by atoms with Crippen LogP contribution in [0.4, 0.5) is 16.2 Å². The number of nitrogens with one attached hydrogen (secondary N) is 1. The minimum absolute atomic E-state index is 0.307. The Balaban J connectivity index is 1.70. The van der Waals surface area contributed by atoms with Crippen LogP contribution in [0, 0.1) is 5.82 Å². The molecule has 0 bridgehead atoms. The zero-order chi connectivity index (χ0) is 21.4. The van der Waals surface area contributed by atoms with Crippen molar-refractivity contribution >= 4 is 22.8 Å². The molecule has 4 aromatic rings. The van der Waals surface area contributed by atoms with Crippen LogP contribution in [0.15, 0.2) is 48.5 Å². The lowest BCUT2D eigenvalue weighted by Gasteiger charge is -2.27. The van der Waals surface area contributed by atoms with Crippen LogP contribution >= 0.6 is 0 Å². The van der Waals surface area contributed by atoms with Gasteiger partial charge in [0.1, 0.15) is 17.4 Å². The maximum absolute atomic E-state index is 13.6. The third-order valence-corrected chi connectivity index (χ3v) is 5.39. The van der Waals surface area contributed by atoms with Crippen molar-refractivity contribution in [3.8, 4) is 22.7 Å². The number of hydrogen-bond acceptors (Lipinski definition) is 7. The van der Waals surface area contributed by atoms with Crippen LogP contribution in [-0.4, -0.2) is 53.0 Å². The Kier molecular flexibility index (Phi) is 4.87. The van der Waals surface area contributed by atoms with Gasteiger partial charge in [0.15, 0.2) is 5.65 Å². The highest BCUT2D eigenvalue weighted by Gasteiger charge is 2.22. The molecule has 0 spiro atoms. The van der Waals surface area contributed by atoms with Crippen molar-refractivity contribution in [1.82, 2.24) is 25.1 Å². The molecule has 31 heavy (non-hydrogen) atoms. The van der Waals surface area contributed by atoms with Gasteiger partial charge in [-0.2, -0.15) is 4.98 Å². The molecular weight excluding hydrogens is 397 g/mol. The van der Waals surface area contributed by atoms with Crippen molar-refractivity contribution in [3.05, 3.63) is 54.3 Å². The minimum Gasteiger partial charge on any atom is -0.497 e. The normalized spacial score (nSPS) is 14.2. The van der Waals surface area contributed by atoms with Crippen LogP contribution in [0.5, 0.6) is 5.75 Å². The Morgan fingerprint density at radius 1 is 1.00 bits per heavy atom. The molecule has 9 heteroatoms. The second kappa shape index (κ2) is 7.84. The minimum atomic E-state index is -0.307. The molecule has 0 atom stereocenters. The first-order valence-corrected chi connectivity index (χ1v) is 10.1. The average molecular weight is 419 g/mol. The van der Waals surface area contributed by atoms with E-state index in [9.17, 15) is 4.39 Å². The summed E-state index contributed by atoms with van der Waals surface area (Å²) in [7, 11) is 1.62. The van der Waals surface area contributed by atoms with E-state index in [4.69, 9.17) is 20.4 Å². The number of aromatic nitrogens is 4. The molecule has 0 amide bonds. The molecule has 8 nitrogen and oxygen atoms in total. The number of piperazine rings is 1. The third-order valence-electron chi connectivity index (χ3n) is 5.39. The van der Waals surface area contributed by atoms with Crippen molar-refractivity contribution in [2.75, 3.05) is 43.9 Å². The second-order valence-corrected chi connectivity index (χ2v) is 7.31. The van der Waals surface area contributed by atoms with E-state index in [1.807, 2.05) is 24.3 Å². The first kappa shape index (κ1) is 19.3. The number of rotatable bonds is 4. The van der Waals surface area contributed by atoms with Crippen molar-refractivity contribution < 1.29 is 9.13 Å². The average Bonchev–Trinajstić information content (AvgIpc) is 3.16. The van der Waals surface area contributed by atoms with Crippen LogP contribution in [0.25, 0.3) is 28.0 Å². The van der Waals surface area contributed by atoms with Gasteiger partial charge >= 0.3 is 0 Å². The lowest BCUT2D eigenvalue weighted by Crippen LogP contribution is -2.44. The highest BCUT2D eigenvalue weighted by molar-refractivity contribution is 5.99. The molecule has 0 aliphatic carbocycles. The number of anilines is 2. The van der Waals surface area contributed by atoms with Gasteiger partial charge in [-0.05, 0) is 48.5 Å². The molecule has 2 aromatic carbocycles. The standard InChI is InChI=1S/C22H22FN7O/c1-31-17-8-6-16(7-9-17)30-20(24)18-19(14-2-4-15(23)5-3-14)26-22(27-21(18)28-30)29-12-10-25-11-13-29/h2-9,25H,10-13,24H2,1H3. The van der Waals surface area contributed by atoms with Crippen molar-refractivity contribution in [1.29, 1.82) is 0 Å². The molecule has 158 valence electrons. The van der Waals surface area contributed by atoms with Gasteiger partial charge in [0, 0.05) is 31.7 Å². The molecule has 3 heterocycles. The number of nitrogens with two attached hydrogens (primary N) is 1. The molecule has 5 rings (SSSR count). The number of ether oxygens (including phenoxy) is 1. The number of benzene rings is 2. The van der Waals surface area contributed by atoms with E-state index in [2.05, 4.69) is 15.3 Å². The van der Waals surface area contributed by atoms with Crippen molar-refractivity contribution in [3.63, 3.8) is 0 Å². The van der Waals surface area contributed by atoms with Crippen LogP contribution in [0.3, 0.4) is 0 Å². The van der Waals surface area contributed by atoms with Gasteiger partial charge in [0.25, 0.3) is 0 Å². The monoisotopic (exact) mass is 419 g/mol. The number of fused-ring (bicyclic) bond motifs is 1. The third kappa shape index (κ3) is 3.53. The number of nitrogens with zero attached hydrogens (tertiary/aromatic N) is 5. The largest absolute Gasteiger partial charge is 0.497 e. The van der Waals surface area contributed by atoms with Gasteiger partial charge in [-0.25, -0.2) is 14.1 Å². The summed E-state index contributed by atoms with van der Waals surface area (Å²) in [5.41, 5.74) is 9.20. The number of halogens is 1. The summed E-state index contributed by atoms with van der Waals surface area (Å²) in [4.78, 5) is 11.7. The van der Waals surface area contributed by atoms with Crippen LogP contribution in [0.2, 0.25) is 0 Å². The molecule has 1 aliphatic rings. The smallest absolute Gasteiger partial charge is 0.228 e. The summed E-state index contributed by atoms with van der Waals surface area (Å²) in [5, 5.41) is 8.65. The summed E-state index contributed by atoms with van der Waals surface area (Å²) < 4.78 is 20.4. The summed E-state index contributed by atoms with van der Waals surface area (Å²) in [6, 6.07) is 13.7. The maximum Gasteiger partial charge on any atom is 0.228 e. The highest BCUT2D eigenvalue weighted by Crippen LogP contribution is 2.33. The van der Waals surface area contributed by atoms with E-state index in [0.29, 0.717) is 28.5 Å². The predicted molar refractivity (Wildman–Crippen MR) is 118 cm³/mol. The van der Waals surface area contributed by atoms with Gasteiger partial charge in [-0.15, -0.1) is 5.10 Å². The molecule has 2 aromatic heterocycles. The fourth-order valence-corrected chi connectivity index (χ4v) is 3.74.